The molecule has 2 saturated carbocycles. The van der Waals surface area contributed by atoms with Gasteiger partial charge in [0.2, 0.25) is 0 Å². The van der Waals surface area contributed by atoms with E-state index in [9.17, 15) is 34.8 Å². The van der Waals surface area contributed by atoms with Crippen LogP contribution in [0.25, 0.3) is 0 Å². The van der Waals surface area contributed by atoms with Crippen molar-refractivity contribution in [3.8, 4) is 0 Å². The monoisotopic (exact) mass is 562 g/mol. The number of carbonyl (C=O) groups is 3. The number of aliphatic hydroxyl groups excluding tert-OH is 2. The van der Waals surface area contributed by atoms with Crippen LogP contribution in [0.3, 0.4) is 0 Å². The molecule has 1 aliphatic heterocycles. The molecule has 4 N–H and O–H groups in total. The van der Waals surface area contributed by atoms with Gasteiger partial charge in [0.25, 0.3) is 0 Å². The Morgan fingerprint density at radius 1 is 1.15 bits per heavy atom. The predicted octanol–water partition coefficient (Wildman–Crippen LogP) is 1.45. The van der Waals surface area contributed by atoms with Crippen molar-refractivity contribution in [3.63, 3.8) is 0 Å². The van der Waals surface area contributed by atoms with Gasteiger partial charge in [0.15, 0.2) is 6.10 Å². The van der Waals surface area contributed by atoms with E-state index in [1.165, 1.54) is 6.08 Å². The van der Waals surface area contributed by atoms with Gasteiger partial charge >= 0.3 is 11.9 Å². The Labute approximate surface area is 235 Å². The van der Waals surface area contributed by atoms with Gasteiger partial charge in [-0.2, -0.15) is 0 Å². The molecule has 1 saturated heterocycles. The highest BCUT2D eigenvalue weighted by atomic mass is 16.6. The molecule has 0 spiro atoms. The van der Waals surface area contributed by atoms with Crippen molar-refractivity contribution in [1.29, 1.82) is 0 Å². The molecule has 0 amide bonds. The summed E-state index contributed by atoms with van der Waals surface area (Å²) < 4.78 is 17.1. The molecule has 10 nitrogen and oxygen atoms in total. The molecular formula is C30H42O10. The molecule has 40 heavy (non-hydrogen) atoms. The first-order chi connectivity index (χ1) is 18.3. The third-order valence-corrected chi connectivity index (χ3v) is 10.1. The van der Waals surface area contributed by atoms with E-state index >= 15 is 0 Å². The van der Waals surface area contributed by atoms with Crippen molar-refractivity contribution in [3.05, 3.63) is 29.7 Å². The van der Waals surface area contributed by atoms with Gasteiger partial charge in [-0.15, -0.1) is 0 Å². The lowest BCUT2D eigenvalue weighted by atomic mass is 9.45. The number of hydrogen-bond donors (Lipinski definition) is 4. The molecule has 1 unspecified atom stereocenters. The van der Waals surface area contributed by atoms with Crippen LogP contribution in [0.4, 0.5) is 0 Å². The second kappa shape index (κ2) is 10.0. The average Bonchev–Trinajstić information content (AvgIpc) is 2.84. The predicted molar refractivity (Wildman–Crippen MR) is 141 cm³/mol. The molecule has 3 aliphatic carbocycles. The molecule has 0 aromatic carbocycles. The van der Waals surface area contributed by atoms with Crippen LogP contribution in [0, 0.1) is 29.6 Å². The minimum atomic E-state index is -1.97. The van der Waals surface area contributed by atoms with Gasteiger partial charge in [0.1, 0.15) is 29.2 Å². The lowest BCUT2D eigenvalue weighted by molar-refractivity contribution is -0.344. The molecule has 2 bridgehead atoms. The summed E-state index contributed by atoms with van der Waals surface area (Å²) >= 11 is 0. The zero-order chi connectivity index (χ0) is 30.2. The highest BCUT2D eigenvalue weighted by Gasteiger charge is 2.75. The molecule has 0 aromatic rings. The number of hydrogen-bond acceptors (Lipinski definition) is 10. The van der Waals surface area contributed by atoms with Gasteiger partial charge in [-0.05, 0) is 40.2 Å². The van der Waals surface area contributed by atoms with Crippen molar-refractivity contribution < 1.29 is 49.0 Å². The summed E-state index contributed by atoms with van der Waals surface area (Å²) in [4.78, 5) is 39.6. The van der Waals surface area contributed by atoms with Gasteiger partial charge in [0, 0.05) is 43.4 Å². The van der Waals surface area contributed by atoms with E-state index in [-0.39, 0.29) is 25.9 Å². The number of fused-ring (bicyclic) bond motifs is 5. The number of carbonyl (C=O) groups excluding carboxylic acids is 3. The number of esters is 2. The van der Waals surface area contributed by atoms with Crippen LogP contribution in [-0.4, -0.2) is 86.5 Å². The van der Waals surface area contributed by atoms with Crippen LogP contribution in [0.5, 0.6) is 0 Å². The average molecular weight is 563 g/mol. The maximum atomic E-state index is 14.1. The minimum absolute atomic E-state index is 0.00590. The summed E-state index contributed by atoms with van der Waals surface area (Å²) in [7, 11) is 0. The first-order valence-electron chi connectivity index (χ1n) is 13.8. The Morgan fingerprint density at radius 3 is 2.30 bits per heavy atom. The fourth-order valence-electron chi connectivity index (χ4n) is 7.46. The summed E-state index contributed by atoms with van der Waals surface area (Å²) in [6.07, 6.45) is -5.25. The van der Waals surface area contributed by atoms with Gasteiger partial charge in [-0.1, -0.05) is 31.1 Å². The van der Waals surface area contributed by atoms with Crippen LogP contribution in [0.1, 0.15) is 67.7 Å². The molecule has 2 radical (unpaired) electrons. The van der Waals surface area contributed by atoms with E-state index in [0.29, 0.717) is 11.1 Å². The number of ether oxygens (including phenoxy) is 3. The standard InChI is InChI=1S/C30H42O10/c1-14(2)9-15(3)23(34)26(35)40-19-12-30(37)25(39-17(5)31)24-28(8,21(33)11-22-29(24,36)13-38-22)20(32)10-18(16(19)4)27(30,6)7/h3,9,15,19,21-25,33-34,36-37H,10-13H2,1-2,4-8H3/t15-,19?,21-,22+,23+,24-,25-,28+,29-,30+/m0/s1. The summed E-state index contributed by atoms with van der Waals surface area (Å²) in [5.74, 6) is -4.41. The quantitative estimate of drug-likeness (QED) is 0.285. The van der Waals surface area contributed by atoms with Gasteiger partial charge in [-0.3, -0.25) is 9.59 Å². The lowest BCUT2D eigenvalue weighted by Gasteiger charge is -2.66. The van der Waals surface area contributed by atoms with Gasteiger partial charge in [-0.25, -0.2) is 4.79 Å². The summed E-state index contributed by atoms with van der Waals surface area (Å²) in [6, 6.07) is 0. The summed E-state index contributed by atoms with van der Waals surface area (Å²) in [5.41, 5.74) is -4.62. The molecule has 10 heteroatoms. The van der Waals surface area contributed by atoms with Crippen LogP contribution in [0.15, 0.2) is 22.8 Å². The smallest absolute Gasteiger partial charge is 0.336 e. The maximum absolute atomic E-state index is 14.1. The SMILES string of the molecule is [CH][C@@H](C=C(C)C)[C@@H](O)C(=O)OC1C[C@@]2(O)[C@@H](OC(C)=O)[C@@H]3[C@]4(O)CO[C@@H]4C[C@H](O)[C@@]3(C)C(=O)CC(=C1C)C2(C)C. The van der Waals surface area contributed by atoms with E-state index < -0.39 is 82.1 Å². The van der Waals surface area contributed by atoms with Crippen molar-refractivity contribution >= 4 is 17.7 Å². The molecule has 4 aliphatic rings. The van der Waals surface area contributed by atoms with E-state index in [0.717, 1.165) is 12.5 Å². The van der Waals surface area contributed by atoms with E-state index in [2.05, 4.69) is 0 Å². The Bertz CT molecular complexity index is 1150. The molecule has 0 aromatic heterocycles. The third-order valence-electron chi connectivity index (χ3n) is 10.1. The van der Waals surface area contributed by atoms with Crippen LogP contribution < -0.4 is 0 Å². The minimum Gasteiger partial charge on any atom is -0.459 e. The Morgan fingerprint density at radius 2 is 1.77 bits per heavy atom. The second-order valence-electron chi connectivity index (χ2n) is 13.0. The fraction of sp³-hybridized carbons (Fsp3) is 0.733. The van der Waals surface area contributed by atoms with Crippen LogP contribution in [-0.2, 0) is 28.6 Å². The Balaban J connectivity index is 1.87. The van der Waals surface area contributed by atoms with E-state index in [1.807, 2.05) is 0 Å². The maximum Gasteiger partial charge on any atom is 0.336 e. The topological polar surface area (TPSA) is 160 Å². The van der Waals surface area contributed by atoms with Crippen molar-refractivity contribution in [2.45, 2.75) is 109 Å². The normalized spacial score (nSPS) is 41.7. The summed E-state index contributed by atoms with van der Waals surface area (Å²) in [5, 5.41) is 46.3. The molecule has 10 atom stereocenters. The molecule has 1 heterocycles. The molecular weight excluding hydrogens is 520 g/mol. The van der Waals surface area contributed by atoms with Crippen LogP contribution >= 0.6 is 0 Å². The van der Waals surface area contributed by atoms with Gasteiger partial charge in [0.05, 0.1) is 24.2 Å². The zero-order valence-electron chi connectivity index (χ0n) is 24.3. The van der Waals surface area contributed by atoms with E-state index in [4.69, 9.17) is 21.1 Å². The third kappa shape index (κ3) is 4.38. The molecule has 3 fully saturated rings. The fourth-order valence-corrected chi connectivity index (χ4v) is 7.46. The number of aliphatic hydroxyl groups is 4. The van der Waals surface area contributed by atoms with Crippen molar-refractivity contribution in [2.24, 2.45) is 22.7 Å². The first-order valence-corrected chi connectivity index (χ1v) is 13.8. The number of Topliss-reactive ketones (excluding diaryl/α,β-unsaturated/α-hetero) is 1. The van der Waals surface area contributed by atoms with Gasteiger partial charge < -0.3 is 34.6 Å². The largest absolute Gasteiger partial charge is 0.459 e. The van der Waals surface area contributed by atoms with Crippen LogP contribution in [0.2, 0.25) is 0 Å². The number of rotatable bonds is 5. The first kappa shape index (κ1) is 30.8. The lowest BCUT2D eigenvalue weighted by Crippen LogP contribution is -2.80. The summed E-state index contributed by atoms with van der Waals surface area (Å²) in [6.45, 7) is 17.2. The Kier molecular flexibility index (Phi) is 7.72. The van der Waals surface area contributed by atoms with E-state index in [1.54, 1.807) is 41.5 Å². The highest BCUT2D eigenvalue weighted by molar-refractivity contribution is 5.89. The van der Waals surface area contributed by atoms with Crippen molar-refractivity contribution in [2.75, 3.05) is 6.61 Å². The second-order valence-corrected chi connectivity index (χ2v) is 13.0. The zero-order valence-corrected chi connectivity index (χ0v) is 24.3. The number of ketones is 1. The van der Waals surface area contributed by atoms with Crippen molar-refractivity contribution in [1.82, 2.24) is 0 Å². The highest BCUT2D eigenvalue weighted by Crippen LogP contribution is 2.63. The molecule has 4 rings (SSSR count). The molecule has 222 valence electrons. The number of allylic oxidation sites excluding steroid dienone is 1. The Hall–Kier alpha value is -2.11.